The van der Waals surface area contributed by atoms with Crippen LogP contribution in [0.5, 0.6) is 0 Å². The van der Waals surface area contributed by atoms with E-state index < -0.39 is 0 Å². The second-order valence-corrected chi connectivity index (χ2v) is 5.94. The van der Waals surface area contributed by atoms with Crippen LogP contribution >= 0.6 is 39.1 Å². The molecule has 0 amide bonds. The fourth-order valence-corrected chi connectivity index (χ4v) is 2.45. The number of hydrogen-bond acceptors (Lipinski definition) is 3. The second kappa shape index (κ2) is 7.02. The average molecular weight is 389 g/mol. The molecule has 0 fully saturated rings. The Hall–Kier alpha value is -1.43. The molecule has 2 aromatic carbocycles. The van der Waals surface area contributed by atoms with Crippen LogP contribution in [0.1, 0.15) is 11.1 Å². The quantitative estimate of drug-likeness (QED) is 0.313. The van der Waals surface area contributed by atoms with Gasteiger partial charge in [-0.25, -0.2) is 0 Å². The lowest BCUT2D eigenvalue weighted by atomic mass is 10.1. The Bertz CT molecular complexity index is 692. The normalized spacial score (nSPS) is 11.5. The van der Waals surface area contributed by atoms with Crippen molar-refractivity contribution >= 4 is 50.7 Å². The van der Waals surface area contributed by atoms with Crippen molar-refractivity contribution < 1.29 is 5.21 Å². The molecule has 0 aliphatic rings. The number of anilines is 1. The minimum Gasteiger partial charge on any atom is -0.409 e. The van der Waals surface area contributed by atoms with Crippen LogP contribution in [0.3, 0.4) is 0 Å². The Labute approximate surface area is 140 Å². The van der Waals surface area contributed by atoms with E-state index >= 15 is 0 Å². The number of nitrogens with zero attached hydrogens (tertiary/aromatic N) is 1. The van der Waals surface area contributed by atoms with Crippen molar-refractivity contribution in [2.75, 3.05) is 5.32 Å². The van der Waals surface area contributed by atoms with Crippen molar-refractivity contribution in [2.45, 2.75) is 6.54 Å². The number of halogens is 3. The number of nitrogens with two attached hydrogens (primary N) is 1. The summed E-state index contributed by atoms with van der Waals surface area (Å²) >= 11 is 15.5. The van der Waals surface area contributed by atoms with Gasteiger partial charge in [0.25, 0.3) is 0 Å². The fraction of sp³-hybridized carbons (Fsp3) is 0.0714. The number of rotatable bonds is 4. The minimum absolute atomic E-state index is 0.0260. The molecular weight excluding hydrogens is 377 g/mol. The number of benzene rings is 2. The van der Waals surface area contributed by atoms with Crippen LogP contribution in [0.2, 0.25) is 10.0 Å². The van der Waals surface area contributed by atoms with Crippen LogP contribution in [-0.2, 0) is 6.54 Å². The van der Waals surface area contributed by atoms with Crippen molar-refractivity contribution in [3.63, 3.8) is 0 Å². The van der Waals surface area contributed by atoms with Crippen LogP contribution < -0.4 is 11.1 Å². The molecule has 0 saturated carbocycles. The van der Waals surface area contributed by atoms with Crippen LogP contribution in [0.15, 0.2) is 46.0 Å². The van der Waals surface area contributed by atoms with Gasteiger partial charge in [-0.05, 0) is 45.8 Å². The van der Waals surface area contributed by atoms with E-state index in [2.05, 4.69) is 26.4 Å². The SMILES string of the molecule is N/C(=N/O)c1ccc(CNc2ccc(Cl)c(Br)c2)c(Cl)c1. The molecule has 0 spiro atoms. The van der Waals surface area contributed by atoms with Gasteiger partial charge in [-0.15, -0.1) is 0 Å². The standard InChI is InChI=1S/C14H12BrCl2N3O/c15-11-6-10(3-4-12(11)16)19-7-9-2-1-8(5-13(9)17)14(18)20-21/h1-6,19,21H,7H2,(H2,18,20). The Morgan fingerprint density at radius 1 is 1.19 bits per heavy atom. The van der Waals surface area contributed by atoms with Crippen molar-refractivity contribution in [1.82, 2.24) is 0 Å². The van der Waals surface area contributed by atoms with Gasteiger partial charge in [0.15, 0.2) is 5.84 Å². The Balaban J connectivity index is 2.11. The number of amidine groups is 1. The Morgan fingerprint density at radius 3 is 2.57 bits per heavy atom. The zero-order chi connectivity index (χ0) is 15.4. The first-order valence-electron chi connectivity index (χ1n) is 5.96. The molecule has 4 nitrogen and oxygen atoms in total. The van der Waals surface area contributed by atoms with Crippen LogP contribution in [0.25, 0.3) is 0 Å². The average Bonchev–Trinajstić information content (AvgIpc) is 2.48. The highest BCUT2D eigenvalue weighted by Gasteiger charge is 2.06. The van der Waals surface area contributed by atoms with E-state index in [1.807, 2.05) is 18.2 Å². The van der Waals surface area contributed by atoms with Gasteiger partial charge in [0.2, 0.25) is 0 Å². The maximum atomic E-state index is 8.64. The summed E-state index contributed by atoms with van der Waals surface area (Å²) in [6, 6.07) is 10.8. The molecule has 2 rings (SSSR count). The molecule has 0 bridgehead atoms. The van der Waals surface area contributed by atoms with Crippen LogP contribution in [-0.4, -0.2) is 11.0 Å². The van der Waals surface area contributed by atoms with Crippen molar-refractivity contribution in [3.8, 4) is 0 Å². The van der Waals surface area contributed by atoms with E-state index in [9.17, 15) is 0 Å². The predicted molar refractivity (Wildman–Crippen MR) is 90.4 cm³/mol. The van der Waals surface area contributed by atoms with Gasteiger partial charge < -0.3 is 16.3 Å². The summed E-state index contributed by atoms with van der Waals surface area (Å²) in [5, 5.41) is 16.0. The molecule has 110 valence electrons. The topological polar surface area (TPSA) is 70.6 Å². The second-order valence-electron chi connectivity index (χ2n) is 4.27. The minimum atomic E-state index is 0.0260. The first-order valence-corrected chi connectivity index (χ1v) is 7.51. The Kier molecular flexibility index (Phi) is 5.33. The molecule has 0 radical (unpaired) electrons. The molecule has 0 heterocycles. The Morgan fingerprint density at radius 2 is 1.95 bits per heavy atom. The van der Waals surface area contributed by atoms with Crippen molar-refractivity contribution in [3.05, 3.63) is 62.0 Å². The van der Waals surface area contributed by atoms with Crippen molar-refractivity contribution in [1.29, 1.82) is 0 Å². The largest absolute Gasteiger partial charge is 0.409 e. The van der Waals surface area contributed by atoms with Crippen molar-refractivity contribution in [2.24, 2.45) is 10.9 Å². The third-order valence-corrected chi connectivity index (χ3v) is 4.42. The van der Waals surface area contributed by atoms with Gasteiger partial charge in [-0.1, -0.05) is 40.5 Å². The predicted octanol–water partition coefficient (Wildman–Crippen LogP) is 4.46. The third-order valence-electron chi connectivity index (χ3n) is 2.86. The van der Waals surface area contributed by atoms with Gasteiger partial charge in [-0.2, -0.15) is 0 Å². The zero-order valence-electron chi connectivity index (χ0n) is 10.8. The first kappa shape index (κ1) is 15.9. The maximum absolute atomic E-state index is 8.64. The molecule has 7 heteroatoms. The molecule has 4 N–H and O–H groups in total. The van der Waals surface area contributed by atoms with Gasteiger partial charge >= 0.3 is 0 Å². The lowest BCUT2D eigenvalue weighted by molar-refractivity contribution is 0.318. The van der Waals surface area contributed by atoms with E-state index in [-0.39, 0.29) is 5.84 Å². The van der Waals surface area contributed by atoms with Crippen LogP contribution in [0, 0.1) is 0 Å². The molecule has 0 aromatic heterocycles. The summed E-state index contributed by atoms with van der Waals surface area (Å²) in [6.07, 6.45) is 0. The fourth-order valence-electron chi connectivity index (χ4n) is 1.71. The summed E-state index contributed by atoms with van der Waals surface area (Å²) < 4.78 is 0.822. The molecule has 21 heavy (non-hydrogen) atoms. The zero-order valence-corrected chi connectivity index (χ0v) is 13.9. The molecule has 0 atom stereocenters. The lowest BCUT2D eigenvalue weighted by Gasteiger charge is -2.10. The van der Waals surface area contributed by atoms with Crippen LogP contribution in [0.4, 0.5) is 5.69 Å². The molecule has 0 aliphatic heterocycles. The number of nitrogens with one attached hydrogen (secondary N) is 1. The molecule has 0 saturated heterocycles. The highest BCUT2D eigenvalue weighted by atomic mass is 79.9. The first-order chi connectivity index (χ1) is 10.0. The number of oxime groups is 1. The van der Waals surface area contributed by atoms with Gasteiger partial charge in [0.05, 0.1) is 5.02 Å². The van der Waals surface area contributed by atoms with Gasteiger partial charge in [0, 0.05) is 27.3 Å². The smallest absolute Gasteiger partial charge is 0.170 e. The van der Waals surface area contributed by atoms with E-state index in [0.717, 1.165) is 15.7 Å². The molecular formula is C14H12BrCl2N3O. The van der Waals surface area contributed by atoms with E-state index in [1.54, 1.807) is 18.2 Å². The van der Waals surface area contributed by atoms with E-state index in [1.165, 1.54) is 0 Å². The van der Waals surface area contributed by atoms with E-state index in [0.29, 0.717) is 22.2 Å². The molecule has 2 aromatic rings. The maximum Gasteiger partial charge on any atom is 0.170 e. The number of hydrogen-bond donors (Lipinski definition) is 3. The summed E-state index contributed by atoms with van der Waals surface area (Å²) in [5.74, 6) is 0.0260. The molecule has 0 unspecified atom stereocenters. The third kappa shape index (κ3) is 4.03. The summed E-state index contributed by atoms with van der Waals surface area (Å²) in [7, 11) is 0. The summed E-state index contributed by atoms with van der Waals surface area (Å²) in [6.45, 7) is 0.545. The van der Waals surface area contributed by atoms with E-state index in [4.69, 9.17) is 34.1 Å². The highest BCUT2D eigenvalue weighted by Crippen LogP contribution is 2.26. The highest BCUT2D eigenvalue weighted by molar-refractivity contribution is 9.10. The monoisotopic (exact) mass is 387 g/mol. The van der Waals surface area contributed by atoms with Gasteiger partial charge in [-0.3, -0.25) is 0 Å². The lowest BCUT2D eigenvalue weighted by Crippen LogP contribution is -2.13. The summed E-state index contributed by atoms with van der Waals surface area (Å²) in [5.41, 5.74) is 7.91. The summed E-state index contributed by atoms with van der Waals surface area (Å²) in [4.78, 5) is 0. The molecule has 0 aliphatic carbocycles. The van der Waals surface area contributed by atoms with Gasteiger partial charge in [0.1, 0.15) is 0 Å².